The molecular formula is C17H13NO2. The summed E-state index contributed by atoms with van der Waals surface area (Å²) in [5.41, 5.74) is 1.26. The number of rotatable bonds is 2. The number of nitrogens with one attached hydrogen (secondary N) is 1. The summed E-state index contributed by atoms with van der Waals surface area (Å²) >= 11 is 0. The molecule has 0 bridgehead atoms. The van der Waals surface area contributed by atoms with Crippen LogP contribution in [0.15, 0.2) is 66.7 Å². The molecule has 0 saturated carbocycles. The number of carbonyl (C=O) groups is 1. The second-order valence-electron chi connectivity index (χ2n) is 4.56. The van der Waals surface area contributed by atoms with Crippen molar-refractivity contribution in [3.8, 4) is 5.75 Å². The highest BCUT2D eigenvalue weighted by Gasteiger charge is 2.06. The molecule has 3 heteroatoms. The molecule has 0 radical (unpaired) electrons. The lowest BCUT2D eigenvalue weighted by atomic mass is 10.1. The fourth-order valence-corrected chi connectivity index (χ4v) is 2.08. The minimum absolute atomic E-state index is 0.146. The van der Waals surface area contributed by atoms with E-state index in [1.54, 1.807) is 12.1 Å². The Balaban J connectivity index is 1.85. The van der Waals surface area contributed by atoms with E-state index >= 15 is 0 Å². The summed E-state index contributed by atoms with van der Waals surface area (Å²) in [6, 6.07) is 19.9. The second-order valence-corrected chi connectivity index (χ2v) is 4.56. The number of amides is 1. The number of phenolic OH excluding ortho intramolecular Hbond substituents is 1. The summed E-state index contributed by atoms with van der Waals surface area (Å²) in [4.78, 5) is 12.1. The molecule has 3 aromatic carbocycles. The fourth-order valence-electron chi connectivity index (χ4n) is 2.08. The third-order valence-corrected chi connectivity index (χ3v) is 3.14. The molecule has 98 valence electrons. The first-order valence-electron chi connectivity index (χ1n) is 6.31. The molecule has 3 aromatic rings. The smallest absolute Gasteiger partial charge is 0.255 e. The minimum atomic E-state index is -0.194. The van der Waals surface area contributed by atoms with Crippen LogP contribution < -0.4 is 5.32 Å². The van der Waals surface area contributed by atoms with Gasteiger partial charge in [0.25, 0.3) is 5.91 Å². The molecule has 0 unspecified atom stereocenters. The van der Waals surface area contributed by atoms with Gasteiger partial charge in [-0.2, -0.15) is 0 Å². The highest BCUT2D eigenvalue weighted by molar-refractivity contribution is 6.05. The van der Waals surface area contributed by atoms with Gasteiger partial charge in [0.2, 0.25) is 0 Å². The topological polar surface area (TPSA) is 49.3 Å². The molecule has 0 spiro atoms. The Labute approximate surface area is 116 Å². The number of carbonyl (C=O) groups excluding carboxylic acids is 1. The molecule has 3 rings (SSSR count). The van der Waals surface area contributed by atoms with Crippen LogP contribution in [0.1, 0.15) is 10.4 Å². The van der Waals surface area contributed by atoms with E-state index in [2.05, 4.69) is 5.32 Å². The van der Waals surface area contributed by atoms with Crippen LogP contribution in [0.4, 0.5) is 5.69 Å². The summed E-state index contributed by atoms with van der Waals surface area (Å²) in [6.07, 6.45) is 0. The van der Waals surface area contributed by atoms with Gasteiger partial charge in [0, 0.05) is 11.3 Å². The predicted octanol–water partition coefficient (Wildman–Crippen LogP) is 3.80. The first-order chi connectivity index (χ1) is 9.72. The van der Waals surface area contributed by atoms with Gasteiger partial charge in [-0.15, -0.1) is 0 Å². The Hall–Kier alpha value is -2.81. The Kier molecular flexibility index (Phi) is 3.09. The number of aromatic hydroxyl groups is 1. The zero-order valence-electron chi connectivity index (χ0n) is 10.7. The highest BCUT2D eigenvalue weighted by Crippen LogP contribution is 2.19. The van der Waals surface area contributed by atoms with Gasteiger partial charge in [-0.1, -0.05) is 30.3 Å². The largest absolute Gasteiger partial charge is 0.508 e. The third kappa shape index (κ3) is 2.47. The molecule has 0 saturated heterocycles. The molecule has 1 amide bonds. The fraction of sp³-hybridized carbons (Fsp3) is 0. The molecule has 0 aromatic heterocycles. The number of benzene rings is 3. The van der Waals surface area contributed by atoms with Crippen molar-refractivity contribution in [3.05, 3.63) is 72.3 Å². The van der Waals surface area contributed by atoms with Gasteiger partial charge in [-0.3, -0.25) is 4.79 Å². The van der Waals surface area contributed by atoms with Crippen LogP contribution in [0.3, 0.4) is 0 Å². The van der Waals surface area contributed by atoms with E-state index in [1.165, 1.54) is 12.1 Å². The van der Waals surface area contributed by atoms with E-state index in [0.29, 0.717) is 5.56 Å². The molecule has 0 aliphatic carbocycles. The average molecular weight is 263 g/mol. The Morgan fingerprint density at radius 3 is 2.30 bits per heavy atom. The van der Waals surface area contributed by atoms with Crippen molar-refractivity contribution in [3.63, 3.8) is 0 Å². The van der Waals surface area contributed by atoms with Crippen LogP contribution in [0.25, 0.3) is 10.8 Å². The highest BCUT2D eigenvalue weighted by atomic mass is 16.3. The van der Waals surface area contributed by atoms with Crippen LogP contribution >= 0.6 is 0 Å². The van der Waals surface area contributed by atoms with Gasteiger partial charge < -0.3 is 10.4 Å². The van der Waals surface area contributed by atoms with Crippen molar-refractivity contribution in [2.75, 3.05) is 5.32 Å². The molecule has 0 aliphatic rings. The SMILES string of the molecule is O=C(Nc1ccc2ccccc2c1)c1ccc(O)cc1. The number of hydrogen-bond acceptors (Lipinski definition) is 2. The van der Waals surface area contributed by atoms with Crippen molar-refractivity contribution >= 4 is 22.4 Å². The normalized spacial score (nSPS) is 10.4. The van der Waals surface area contributed by atoms with Crippen molar-refractivity contribution < 1.29 is 9.90 Å². The van der Waals surface area contributed by atoms with Crippen molar-refractivity contribution in [2.24, 2.45) is 0 Å². The number of fused-ring (bicyclic) bond motifs is 1. The van der Waals surface area contributed by atoms with Crippen LogP contribution in [0.2, 0.25) is 0 Å². The van der Waals surface area contributed by atoms with Crippen LogP contribution in [0, 0.1) is 0 Å². The quantitative estimate of drug-likeness (QED) is 0.738. The molecule has 0 aliphatic heterocycles. The first-order valence-corrected chi connectivity index (χ1v) is 6.31. The zero-order chi connectivity index (χ0) is 13.9. The van der Waals surface area contributed by atoms with Crippen molar-refractivity contribution in [2.45, 2.75) is 0 Å². The van der Waals surface area contributed by atoms with Gasteiger partial charge in [0.05, 0.1) is 0 Å². The summed E-state index contributed by atoms with van der Waals surface area (Å²) in [5, 5.41) is 14.3. The summed E-state index contributed by atoms with van der Waals surface area (Å²) in [5.74, 6) is -0.0486. The third-order valence-electron chi connectivity index (χ3n) is 3.14. The summed E-state index contributed by atoms with van der Waals surface area (Å²) < 4.78 is 0. The molecular weight excluding hydrogens is 250 g/mol. The van der Waals surface area contributed by atoms with Gasteiger partial charge >= 0.3 is 0 Å². The molecule has 3 nitrogen and oxygen atoms in total. The number of anilines is 1. The summed E-state index contributed by atoms with van der Waals surface area (Å²) in [7, 11) is 0. The van der Waals surface area contributed by atoms with E-state index in [1.807, 2.05) is 42.5 Å². The van der Waals surface area contributed by atoms with E-state index in [-0.39, 0.29) is 11.7 Å². The van der Waals surface area contributed by atoms with Crippen molar-refractivity contribution in [1.29, 1.82) is 0 Å². The standard InChI is InChI=1S/C17H13NO2/c19-16-9-6-13(7-10-16)17(20)18-15-8-5-12-3-1-2-4-14(12)11-15/h1-11,19H,(H,18,20). The minimum Gasteiger partial charge on any atom is -0.508 e. The molecule has 2 N–H and O–H groups in total. The lowest BCUT2D eigenvalue weighted by Gasteiger charge is -2.06. The molecule has 20 heavy (non-hydrogen) atoms. The van der Waals surface area contributed by atoms with Gasteiger partial charge in [-0.25, -0.2) is 0 Å². The van der Waals surface area contributed by atoms with E-state index in [0.717, 1.165) is 16.5 Å². The summed E-state index contributed by atoms with van der Waals surface area (Å²) in [6.45, 7) is 0. The number of hydrogen-bond donors (Lipinski definition) is 2. The molecule has 0 fully saturated rings. The number of phenols is 1. The Morgan fingerprint density at radius 2 is 1.55 bits per heavy atom. The Bertz CT molecular complexity index is 763. The van der Waals surface area contributed by atoms with Gasteiger partial charge in [0.1, 0.15) is 5.75 Å². The molecule has 0 heterocycles. The van der Waals surface area contributed by atoms with Gasteiger partial charge in [-0.05, 0) is 47.2 Å². The predicted molar refractivity (Wildman–Crippen MR) is 80.0 cm³/mol. The van der Waals surface area contributed by atoms with Crippen LogP contribution in [-0.2, 0) is 0 Å². The van der Waals surface area contributed by atoms with E-state index in [9.17, 15) is 9.90 Å². The van der Waals surface area contributed by atoms with E-state index in [4.69, 9.17) is 0 Å². The van der Waals surface area contributed by atoms with E-state index < -0.39 is 0 Å². The Morgan fingerprint density at radius 1 is 0.850 bits per heavy atom. The maximum atomic E-state index is 12.1. The molecule has 0 atom stereocenters. The first kappa shape index (κ1) is 12.2. The monoisotopic (exact) mass is 263 g/mol. The zero-order valence-corrected chi connectivity index (χ0v) is 10.7. The average Bonchev–Trinajstić information content (AvgIpc) is 2.48. The van der Waals surface area contributed by atoms with Gasteiger partial charge in [0.15, 0.2) is 0 Å². The van der Waals surface area contributed by atoms with Crippen LogP contribution in [-0.4, -0.2) is 11.0 Å². The lowest BCUT2D eigenvalue weighted by molar-refractivity contribution is 0.102. The lowest BCUT2D eigenvalue weighted by Crippen LogP contribution is -2.11. The second kappa shape index (κ2) is 5.05. The maximum Gasteiger partial charge on any atom is 0.255 e. The van der Waals surface area contributed by atoms with Crippen LogP contribution in [0.5, 0.6) is 5.75 Å². The maximum absolute atomic E-state index is 12.1. The van der Waals surface area contributed by atoms with Crippen molar-refractivity contribution in [1.82, 2.24) is 0 Å².